The lowest BCUT2D eigenvalue weighted by molar-refractivity contribution is -0.143. The minimum Gasteiger partial charge on any atom is -0.444 e. The number of ether oxygens (including phenoxy) is 1. The first-order chi connectivity index (χ1) is 15.3. The monoisotopic (exact) mass is 461 g/mol. The number of hydrogen-bond acceptors (Lipinski definition) is 4. The summed E-state index contributed by atoms with van der Waals surface area (Å²) in [5.41, 5.74) is 2.04. The molecule has 1 aromatic carbocycles. The van der Waals surface area contributed by atoms with Crippen LogP contribution >= 0.6 is 0 Å². The standard InChI is InChI=1S/C26H43N3O4/c1-10-13-19(5)28-24(31)23(22-17(3)14-12-15-18(22)4)29(20(6)11-2)21(30)16-27-25(32)33-26(7,8)9/h12,14-15,19-20,23H,10-11,13,16H2,1-9H3,(H,27,32)(H,28,31). The van der Waals surface area contributed by atoms with E-state index in [1.807, 2.05) is 52.8 Å². The Morgan fingerprint density at radius 2 is 1.64 bits per heavy atom. The van der Waals surface area contributed by atoms with E-state index in [4.69, 9.17) is 4.74 Å². The molecule has 0 aromatic heterocycles. The molecular weight excluding hydrogens is 418 g/mol. The van der Waals surface area contributed by atoms with Crippen LogP contribution in [0.2, 0.25) is 0 Å². The average molecular weight is 462 g/mol. The minimum atomic E-state index is -0.798. The number of aryl methyl sites for hydroxylation is 2. The molecular formula is C26H43N3O4. The van der Waals surface area contributed by atoms with Gasteiger partial charge in [-0.3, -0.25) is 9.59 Å². The molecule has 0 spiro atoms. The largest absolute Gasteiger partial charge is 0.444 e. The Balaban J connectivity index is 3.36. The van der Waals surface area contributed by atoms with E-state index in [1.54, 1.807) is 25.7 Å². The van der Waals surface area contributed by atoms with Crippen molar-refractivity contribution >= 4 is 17.9 Å². The Morgan fingerprint density at radius 3 is 2.12 bits per heavy atom. The van der Waals surface area contributed by atoms with Crippen LogP contribution in [0.5, 0.6) is 0 Å². The number of nitrogens with zero attached hydrogens (tertiary/aromatic N) is 1. The van der Waals surface area contributed by atoms with E-state index in [0.29, 0.717) is 6.42 Å². The van der Waals surface area contributed by atoms with Crippen LogP contribution in [0.3, 0.4) is 0 Å². The molecule has 3 atom stereocenters. The highest BCUT2D eigenvalue weighted by molar-refractivity contribution is 5.91. The molecule has 0 saturated carbocycles. The van der Waals surface area contributed by atoms with Crippen molar-refractivity contribution in [1.29, 1.82) is 0 Å². The van der Waals surface area contributed by atoms with Crippen molar-refractivity contribution in [2.45, 2.75) is 105 Å². The van der Waals surface area contributed by atoms with Gasteiger partial charge in [0.05, 0.1) is 0 Å². The molecule has 33 heavy (non-hydrogen) atoms. The number of hydrogen-bond donors (Lipinski definition) is 2. The number of alkyl carbamates (subject to hydrolysis) is 1. The smallest absolute Gasteiger partial charge is 0.408 e. The number of carbonyl (C=O) groups is 3. The van der Waals surface area contributed by atoms with Gasteiger partial charge in [0.2, 0.25) is 11.8 Å². The number of benzene rings is 1. The zero-order valence-electron chi connectivity index (χ0n) is 21.9. The molecule has 3 amide bonds. The summed E-state index contributed by atoms with van der Waals surface area (Å²) in [5.74, 6) is -0.541. The molecule has 7 nitrogen and oxygen atoms in total. The second-order valence-corrected chi connectivity index (χ2v) is 9.82. The van der Waals surface area contributed by atoms with E-state index in [9.17, 15) is 14.4 Å². The van der Waals surface area contributed by atoms with Gasteiger partial charge < -0.3 is 20.3 Å². The van der Waals surface area contributed by atoms with Crippen molar-refractivity contribution in [2.24, 2.45) is 0 Å². The Labute approximate surface area is 199 Å². The summed E-state index contributed by atoms with van der Waals surface area (Å²) in [7, 11) is 0. The van der Waals surface area contributed by atoms with Gasteiger partial charge in [-0.15, -0.1) is 0 Å². The lowest BCUT2D eigenvalue weighted by Crippen LogP contribution is -2.52. The third-order valence-electron chi connectivity index (χ3n) is 5.59. The number of nitrogens with one attached hydrogen (secondary N) is 2. The molecule has 0 fully saturated rings. The normalized spacial score (nSPS) is 14.1. The van der Waals surface area contributed by atoms with Gasteiger partial charge in [-0.05, 0) is 78.0 Å². The van der Waals surface area contributed by atoms with Gasteiger partial charge in [-0.1, -0.05) is 38.5 Å². The summed E-state index contributed by atoms with van der Waals surface area (Å²) in [4.78, 5) is 40.8. The van der Waals surface area contributed by atoms with Crippen LogP contribution in [0.15, 0.2) is 18.2 Å². The van der Waals surface area contributed by atoms with Crippen molar-refractivity contribution in [3.8, 4) is 0 Å². The molecule has 0 aliphatic heterocycles. The SMILES string of the molecule is CCCC(C)NC(=O)C(c1c(C)cccc1C)N(C(=O)CNC(=O)OC(C)(C)C)C(C)CC. The summed E-state index contributed by atoms with van der Waals surface area (Å²) >= 11 is 0. The highest BCUT2D eigenvalue weighted by atomic mass is 16.6. The maximum Gasteiger partial charge on any atom is 0.408 e. The van der Waals surface area contributed by atoms with Crippen LogP contribution in [0.4, 0.5) is 4.79 Å². The number of rotatable bonds is 10. The zero-order valence-corrected chi connectivity index (χ0v) is 21.9. The van der Waals surface area contributed by atoms with Crippen molar-refractivity contribution in [3.63, 3.8) is 0 Å². The summed E-state index contributed by atoms with van der Waals surface area (Å²) in [6.07, 6.45) is 1.80. The maximum absolute atomic E-state index is 13.6. The van der Waals surface area contributed by atoms with E-state index in [1.165, 1.54) is 0 Å². The van der Waals surface area contributed by atoms with E-state index in [2.05, 4.69) is 17.6 Å². The second kappa shape index (κ2) is 12.6. The van der Waals surface area contributed by atoms with Gasteiger partial charge in [0.25, 0.3) is 0 Å². The van der Waals surface area contributed by atoms with Crippen molar-refractivity contribution in [2.75, 3.05) is 6.54 Å². The summed E-state index contributed by atoms with van der Waals surface area (Å²) < 4.78 is 5.26. The van der Waals surface area contributed by atoms with Gasteiger partial charge in [0.1, 0.15) is 18.2 Å². The molecule has 1 aromatic rings. The molecule has 2 N–H and O–H groups in total. The molecule has 3 unspecified atom stereocenters. The third kappa shape index (κ3) is 8.71. The van der Waals surface area contributed by atoms with Crippen LogP contribution in [0, 0.1) is 13.8 Å². The van der Waals surface area contributed by atoms with E-state index < -0.39 is 17.7 Å². The van der Waals surface area contributed by atoms with Crippen LogP contribution in [0.25, 0.3) is 0 Å². The van der Waals surface area contributed by atoms with Gasteiger partial charge in [0.15, 0.2) is 0 Å². The summed E-state index contributed by atoms with van der Waals surface area (Å²) in [5, 5.41) is 5.65. The van der Waals surface area contributed by atoms with E-state index >= 15 is 0 Å². The Morgan fingerprint density at radius 1 is 1.06 bits per heavy atom. The van der Waals surface area contributed by atoms with E-state index in [0.717, 1.165) is 29.5 Å². The van der Waals surface area contributed by atoms with Crippen LogP contribution < -0.4 is 10.6 Å². The van der Waals surface area contributed by atoms with Crippen LogP contribution in [0.1, 0.15) is 90.5 Å². The molecule has 0 aliphatic rings. The van der Waals surface area contributed by atoms with Gasteiger partial charge in [0, 0.05) is 12.1 Å². The average Bonchev–Trinajstić information content (AvgIpc) is 2.69. The second-order valence-electron chi connectivity index (χ2n) is 9.82. The Bertz CT molecular complexity index is 796. The first kappa shape index (κ1) is 28.5. The molecule has 186 valence electrons. The lowest BCUT2D eigenvalue weighted by Gasteiger charge is -2.37. The first-order valence-corrected chi connectivity index (χ1v) is 12.0. The van der Waals surface area contributed by atoms with Gasteiger partial charge in [-0.25, -0.2) is 4.79 Å². The van der Waals surface area contributed by atoms with Crippen LogP contribution in [-0.4, -0.2) is 47.0 Å². The van der Waals surface area contributed by atoms with E-state index in [-0.39, 0.29) is 30.4 Å². The fourth-order valence-electron chi connectivity index (χ4n) is 3.88. The Kier molecular flexibility index (Phi) is 10.9. The topological polar surface area (TPSA) is 87.7 Å². The number of amides is 3. The van der Waals surface area contributed by atoms with Crippen LogP contribution in [-0.2, 0) is 14.3 Å². The summed E-state index contributed by atoms with van der Waals surface area (Å²) in [6, 6.07) is 4.83. The zero-order chi connectivity index (χ0) is 25.3. The fraction of sp³-hybridized carbons (Fsp3) is 0.654. The van der Waals surface area contributed by atoms with Crippen molar-refractivity contribution < 1.29 is 19.1 Å². The maximum atomic E-state index is 13.6. The molecule has 0 aliphatic carbocycles. The first-order valence-electron chi connectivity index (χ1n) is 12.0. The highest BCUT2D eigenvalue weighted by Crippen LogP contribution is 2.30. The molecule has 1 rings (SSSR count). The van der Waals surface area contributed by atoms with Gasteiger partial charge in [-0.2, -0.15) is 0 Å². The molecule has 0 radical (unpaired) electrons. The van der Waals surface area contributed by atoms with Crippen molar-refractivity contribution in [3.05, 3.63) is 34.9 Å². The quantitative estimate of drug-likeness (QED) is 0.524. The predicted molar refractivity (Wildman–Crippen MR) is 132 cm³/mol. The minimum absolute atomic E-state index is 0.0110. The third-order valence-corrected chi connectivity index (χ3v) is 5.59. The molecule has 0 saturated heterocycles. The Hall–Kier alpha value is -2.57. The summed E-state index contributed by atoms with van der Waals surface area (Å²) in [6.45, 7) is 16.9. The predicted octanol–water partition coefficient (Wildman–Crippen LogP) is 4.80. The highest BCUT2D eigenvalue weighted by Gasteiger charge is 2.36. The lowest BCUT2D eigenvalue weighted by atomic mass is 9.92. The fourth-order valence-corrected chi connectivity index (χ4v) is 3.88. The number of carbonyl (C=O) groups excluding carboxylic acids is 3. The van der Waals surface area contributed by atoms with Gasteiger partial charge >= 0.3 is 6.09 Å². The molecule has 0 heterocycles. The molecule has 7 heteroatoms. The molecule has 0 bridgehead atoms. The van der Waals surface area contributed by atoms with Crippen molar-refractivity contribution in [1.82, 2.24) is 15.5 Å².